The zero-order valence-corrected chi connectivity index (χ0v) is 9.56. The van der Waals surface area contributed by atoms with Crippen LogP contribution >= 0.6 is 0 Å². The summed E-state index contributed by atoms with van der Waals surface area (Å²) in [6, 6.07) is 4.37. The van der Waals surface area contributed by atoms with Crippen molar-refractivity contribution >= 4 is 6.41 Å². The number of rotatable bonds is 8. The van der Waals surface area contributed by atoms with Crippen LogP contribution in [0.3, 0.4) is 0 Å². The van der Waals surface area contributed by atoms with Gasteiger partial charge < -0.3 is 20.3 Å². The summed E-state index contributed by atoms with van der Waals surface area (Å²) in [5.74, 6) is 0.0533. The molecule has 5 nitrogen and oxygen atoms in total. The van der Waals surface area contributed by atoms with Gasteiger partial charge in [0.15, 0.2) is 0 Å². The second kappa shape index (κ2) is 7.51. The van der Waals surface area contributed by atoms with Gasteiger partial charge in [-0.3, -0.25) is 4.79 Å². The summed E-state index contributed by atoms with van der Waals surface area (Å²) in [6.45, 7) is 1.58. The number of aromatic hydroxyl groups is 2. The van der Waals surface area contributed by atoms with E-state index >= 15 is 0 Å². The minimum Gasteiger partial charge on any atom is -0.508 e. The van der Waals surface area contributed by atoms with E-state index in [2.05, 4.69) is 5.32 Å². The van der Waals surface area contributed by atoms with Gasteiger partial charge in [-0.1, -0.05) is 0 Å². The van der Waals surface area contributed by atoms with Gasteiger partial charge in [-0.15, -0.1) is 0 Å². The number of phenolic OH excluding ortho intramolecular Hbond substituents is 2. The Kier molecular flexibility index (Phi) is 5.88. The fourth-order valence-corrected chi connectivity index (χ4v) is 1.42. The lowest BCUT2D eigenvalue weighted by Crippen LogP contribution is -2.12. The highest BCUT2D eigenvalue weighted by Gasteiger charge is 1.99. The molecule has 3 N–H and O–H groups in total. The van der Waals surface area contributed by atoms with Crippen LogP contribution in [0.25, 0.3) is 0 Å². The van der Waals surface area contributed by atoms with Crippen molar-refractivity contribution in [1.29, 1.82) is 0 Å². The fourth-order valence-electron chi connectivity index (χ4n) is 1.42. The van der Waals surface area contributed by atoms with E-state index in [4.69, 9.17) is 4.74 Å². The lowest BCUT2D eigenvalue weighted by atomic mass is 10.2. The topological polar surface area (TPSA) is 78.8 Å². The van der Waals surface area contributed by atoms with Crippen LogP contribution in [0, 0.1) is 0 Å². The Balaban J connectivity index is 2.15. The van der Waals surface area contributed by atoms with Crippen molar-refractivity contribution in [2.24, 2.45) is 0 Å². The Morgan fingerprint density at radius 2 is 1.88 bits per heavy atom. The maximum atomic E-state index is 9.95. The van der Waals surface area contributed by atoms with Gasteiger partial charge in [-0.2, -0.15) is 0 Å². The van der Waals surface area contributed by atoms with Crippen LogP contribution in [0.4, 0.5) is 0 Å². The largest absolute Gasteiger partial charge is 0.508 e. The molecule has 0 aromatic heterocycles. The first-order chi connectivity index (χ1) is 8.22. The predicted octanol–water partition coefficient (Wildman–Crippen LogP) is 1.14. The van der Waals surface area contributed by atoms with Gasteiger partial charge in [0.05, 0.1) is 6.61 Å². The predicted molar refractivity (Wildman–Crippen MR) is 62.7 cm³/mol. The second-order valence-corrected chi connectivity index (χ2v) is 3.69. The molecule has 0 heterocycles. The van der Waals surface area contributed by atoms with Gasteiger partial charge in [0.25, 0.3) is 0 Å². The monoisotopic (exact) mass is 239 g/mol. The van der Waals surface area contributed by atoms with Gasteiger partial charge in [-0.05, 0) is 30.5 Å². The summed E-state index contributed by atoms with van der Waals surface area (Å²) in [6.07, 6.45) is 2.39. The summed E-state index contributed by atoms with van der Waals surface area (Å²) in [4.78, 5) is 9.95. The van der Waals surface area contributed by atoms with Crippen molar-refractivity contribution < 1.29 is 19.7 Å². The second-order valence-electron chi connectivity index (χ2n) is 3.69. The molecule has 1 amide bonds. The molecule has 0 aliphatic carbocycles. The third-order valence-corrected chi connectivity index (χ3v) is 2.17. The van der Waals surface area contributed by atoms with Gasteiger partial charge in [-0.25, -0.2) is 0 Å². The molecule has 0 aliphatic rings. The lowest BCUT2D eigenvalue weighted by Gasteiger charge is -2.05. The Morgan fingerprint density at radius 1 is 1.18 bits per heavy atom. The Hall–Kier alpha value is -1.75. The van der Waals surface area contributed by atoms with Gasteiger partial charge in [0, 0.05) is 19.2 Å². The molecular weight excluding hydrogens is 222 g/mol. The van der Waals surface area contributed by atoms with Gasteiger partial charge >= 0.3 is 0 Å². The third kappa shape index (κ3) is 5.77. The molecule has 0 saturated carbocycles. The van der Waals surface area contributed by atoms with Gasteiger partial charge in [0.2, 0.25) is 6.41 Å². The van der Waals surface area contributed by atoms with E-state index in [9.17, 15) is 15.0 Å². The summed E-state index contributed by atoms with van der Waals surface area (Å²) in [5, 5.41) is 21.0. The van der Waals surface area contributed by atoms with Crippen LogP contribution < -0.4 is 5.32 Å². The standard InChI is InChI=1S/C12H17NO4/c14-9-13-3-1-2-4-17-8-10-5-11(15)7-12(16)6-10/h5-7,9,15-16H,1-4,8H2,(H,13,14). The Labute approximate surface area is 100 Å². The number of nitrogens with one attached hydrogen (secondary N) is 1. The zero-order chi connectivity index (χ0) is 12.5. The summed E-state index contributed by atoms with van der Waals surface area (Å²) >= 11 is 0. The number of unbranched alkanes of at least 4 members (excludes halogenated alkanes) is 1. The van der Waals surface area contributed by atoms with Crippen molar-refractivity contribution in [2.45, 2.75) is 19.4 Å². The molecule has 94 valence electrons. The van der Waals surface area contributed by atoms with E-state index in [1.54, 1.807) is 12.1 Å². The quantitative estimate of drug-likeness (QED) is 0.469. The first-order valence-corrected chi connectivity index (χ1v) is 5.49. The van der Waals surface area contributed by atoms with Crippen molar-refractivity contribution in [2.75, 3.05) is 13.2 Å². The van der Waals surface area contributed by atoms with Crippen LogP contribution in [0.2, 0.25) is 0 Å². The zero-order valence-electron chi connectivity index (χ0n) is 9.56. The van der Waals surface area contributed by atoms with Crippen molar-refractivity contribution in [3.63, 3.8) is 0 Å². The van der Waals surface area contributed by atoms with Crippen LogP contribution in [-0.2, 0) is 16.1 Å². The first-order valence-electron chi connectivity index (χ1n) is 5.49. The number of ether oxygens (including phenoxy) is 1. The number of carbonyl (C=O) groups is 1. The van der Waals surface area contributed by atoms with Crippen LogP contribution in [-0.4, -0.2) is 29.8 Å². The normalized spacial score (nSPS) is 10.1. The van der Waals surface area contributed by atoms with Crippen LogP contribution in [0.15, 0.2) is 18.2 Å². The first kappa shape index (κ1) is 13.3. The van der Waals surface area contributed by atoms with Crippen LogP contribution in [0.1, 0.15) is 18.4 Å². The van der Waals surface area contributed by atoms with E-state index in [0.29, 0.717) is 26.2 Å². The molecule has 0 spiro atoms. The Bertz CT molecular complexity index is 334. The number of hydrogen-bond acceptors (Lipinski definition) is 4. The number of phenols is 2. The molecule has 1 aromatic rings. The third-order valence-electron chi connectivity index (χ3n) is 2.17. The summed E-state index contributed by atoms with van der Waals surface area (Å²) in [5.41, 5.74) is 0.730. The highest BCUT2D eigenvalue weighted by atomic mass is 16.5. The number of hydrogen-bond donors (Lipinski definition) is 3. The number of benzene rings is 1. The molecule has 5 heteroatoms. The molecule has 17 heavy (non-hydrogen) atoms. The van der Waals surface area contributed by atoms with Crippen molar-refractivity contribution in [1.82, 2.24) is 5.32 Å². The molecule has 0 radical (unpaired) electrons. The van der Waals surface area contributed by atoms with E-state index in [1.807, 2.05) is 0 Å². The highest BCUT2D eigenvalue weighted by Crippen LogP contribution is 2.20. The molecule has 1 rings (SSSR count). The maximum Gasteiger partial charge on any atom is 0.207 e. The highest BCUT2D eigenvalue weighted by molar-refractivity contribution is 5.45. The van der Waals surface area contributed by atoms with E-state index in [0.717, 1.165) is 18.4 Å². The molecule has 0 atom stereocenters. The molecule has 0 saturated heterocycles. The van der Waals surface area contributed by atoms with E-state index < -0.39 is 0 Å². The number of carbonyl (C=O) groups excluding carboxylic acids is 1. The number of amides is 1. The average Bonchev–Trinajstić information content (AvgIpc) is 2.26. The summed E-state index contributed by atoms with van der Waals surface area (Å²) in [7, 11) is 0. The molecule has 0 bridgehead atoms. The van der Waals surface area contributed by atoms with Crippen molar-refractivity contribution in [3.8, 4) is 11.5 Å². The molecule has 0 unspecified atom stereocenters. The summed E-state index contributed by atoms with van der Waals surface area (Å²) < 4.78 is 5.37. The SMILES string of the molecule is O=CNCCCCOCc1cc(O)cc(O)c1. The van der Waals surface area contributed by atoms with Crippen molar-refractivity contribution in [3.05, 3.63) is 23.8 Å². The fraction of sp³-hybridized carbons (Fsp3) is 0.417. The van der Waals surface area contributed by atoms with E-state index in [-0.39, 0.29) is 11.5 Å². The van der Waals surface area contributed by atoms with Gasteiger partial charge in [0.1, 0.15) is 11.5 Å². The minimum atomic E-state index is 0.0267. The Morgan fingerprint density at radius 3 is 2.53 bits per heavy atom. The molecule has 0 aliphatic heterocycles. The lowest BCUT2D eigenvalue weighted by molar-refractivity contribution is -0.109. The minimum absolute atomic E-state index is 0.0267. The molecule has 1 aromatic carbocycles. The smallest absolute Gasteiger partial charge is 0.207 e. The molecule has 0 fully saturated rings. The maximum absolute atomic E-state index is 9.95. The van der Waals surface area contributed by atoms with Crippen LogP contribution in [0.5, 0.6) is 11.5 Å². The van der Waals surface area contributed by atoms with E-state index in [1.165, 1.54) is 6.07 Å². The average molecular weight is 239 g/mol. The molecular formula is C12H17NO4.